The third kappa shape index (κ3) is 3.97. The van der Waals surface area contributed by atoms with E-state index in [0.29, 0.717) is 16.1 Å². The molecule has 0 spiro atoms. The van der Waals surface area contributed by atoms with E-state index in [1.807, 2.05) is 38.3 Å². The Morgan fingerprint density at radius 2 is 1.69 bits per heavy atom. The smallest absolute Gasteiger partial charge is 0.265 e. The molecule has 132 valence electrons. The van der Waals surface area contributed by atoms with Gasteiger partial charge in [0.15, 0.2) is 0 Å². The number of nitrogens with one attached hydrogen (secondary N) is 2. The molecule has 2 aromatic heterocycles. The summed E-state index contributed by atoms with van der Waals surface area (Å²) in [5.41, 5.74) is 4.57. The number of benzene rings is 1. The lowest BCUT2D eigenvalue weighted by Crippen LogP contribution is -2.15. The Balaban J connectivity index is 1.70. The van der Waals surface area contributed by atoms with E-state index in [9.17, 15) is 9.59 Å². The van der Waals surface area contributed by atoms with E-state index in [-0.39, 0.29) is 11.8 Å². The van der Waals surface area contributed by atoms with Crippen LogP contribution in [0.1, 0.15) is 37.0 Å². The number of anilines is 2. The third-order valence-electron chi connectivity index (χ3n) is 3.91. The standard InChI is InChI=1S/C20H19N3O2S/c1-12-11-13(2)21-14(3)18(12)23-19(24)15-6-8-16(9-7-15)22-20(25)17-5-4-10-26-17/h4-11H,1-3H3,(H,22,25)(H,23,24). The molecule has 2 amide bonds. The highest BCUT2D eigenvalue weighted by Crippen LogP contribution is 2.21. The molecule has 0 atom stereocenters. The number of hydrogen-bond donors (Lipinski definition) is 2. The predicted octanol–water partition coefficient (Wildman–Crippen LogP) is 4.57. The second-order valence-corrected chi connectivity index (χ2v) is 6.95. The minimum atomic E-state index is -0.210. The Hall–Kier alpha value is -2.99. The number of carbonyl (C=O) groups excluding carboxylic acids is 2. The topological polar surface area (TPSA) is 71.1 Å². The van der Waals surface area contributed by atoms with Crippen LogP contribution < -0.4 is 10.6 Å². The molecule has 0 aliphatic carbocycles. The summed E-state index contributed by atoms with van der Waals surface area (Å²) in [5, 5.41) is 7.59. The Morgan fingerprint density at radius 3 is 2.31 bits per heavy atom. The largest absolute Gasteiger partial charge is 0.321 e. The highest BCUT2D eigenvalue weighted by molar-refractivity contribution is 7.12. The lowest BCUT2D eigenvalue weighted by Gasteiger charge is -2.12. The van der Waals surface area contributed by atoms with Crippen molar-refractivity contribution in [2.24, 2.45) is 0 Å². The van der Waals surface area contributed by atoms with Crippen molar-refractivity contribution in [1.82, 2.24) is 4.98 Å². The molecule has 2 N–H and O–H groups in total. The van der Waals surface area contributed by atoms with Gasteiger partial charge in [0.25, 0.3) is 11.8 Å². The van der Waals surface area contributed by atoms with Gasteiger partial charge in [-0.25, -0.2) is 0 Å². The number of aromatic nitrogens is 1. The quantitative estimate of drug-likeness (QED) is 0.711. The fourth-order valence-electron chi connectivity index (χ4n) is 2.70. The number of pyridine rings is 1. The summed E-state index contributed by atoms with van der Waals surface area (Å²) in [4.78, 5) is 29.6. The lowest BCUT2D eigenvalue weighted by atomic mass is 10.1. The van der Waals surface area contributed by atoms with Crippen LogP contribution in [-0.2, 0) is 0 Å². The van der Waals surface area contributed by atoms with Crippen LogP contribution in [0.4, 0.5) is 11.4 Å². The number of nitrogens with zero attached hydrogens (tertiary/aromatic N) is 1. The van der Waals surface area contributed by atoms with Crippen LogP contribution in [0.3, 0.4) is 0 Å². The van der Waals surface area contributed by atoms with Gasteiger partial charge in [-0.2, -0.15) is 0 Å². The van der Waals surface area contributed by atoms with Gasteiger partial charge in [0.1, 0.15) is 0 Å². The van der Waals surface area contributed by atoms with E-state index in [1.54, 1.807) is 30.3 Å². The maximum Gasteiger partial charge on any atom is 0.265 e. The van der Waals surface area contributed by atoms with E-state index in [0.717, 1.165) is 22.6 Å². The highest BCUT2D eigenvalue weighted by Gasteiger charge is 2.12. The molecule has 0 aliphatic heterocycles. The van der Waals surface area contributed by atoms with Gasteiger partial charge >= 0.3 is 0 Å². The first-order valence-electron chi connectivity index (χ1n) is 8.15. The van der Waals surface area contributed by atoms with Crippen LogP contribution in [-0.4, -0.2) is 16.8 Å². The monoisotopic (exact) mass is 365 g/mol. The average molecular weight is 365 g/mol. The number of carbonyl (C=O) groups is 2. The first kappa shape index (κ1) is 17.8. The summed E-state index contributed by atoms with van der Waals surface area (Å²) in [7, 11) is 0. The van der Waals surface area contributed by atoms with Crippen molar-refractivity contribution in [2.75, 3.05) is 10.6 Å². The zero-order valence-corrected chi connectivity index (χ0v) is 15.6. The fraction of sp³-hybridized carbons (Fsp3) is 0.150. The van der Waals surface area contributed by atoms with Crippen molar-refractivity contribution in [3.05, 3.63) is 75.2 Å². The van der Waals surface area contributed by atoms with Gasteiger partial charge in [-0.3, -0.25) is 14.6 Å². The van der Waals surface area contributed by atoms with Crippen molar-refractivity contribution >= 4 is 34.5 Å². The SMILES string of the molecule is Cc1cc(C)c(NC(=O)c2ccc(NC(=O)c3cccs3)cc2)c(C)n1. The molecule has 0 aliphatic rings. The number of aryl methyl sites for hydroxylation is 3. The molecule has 0 fully saturated rings. The Kier molecular flexibility index (Phi) is 5.14. The minimum absolute atomic E-state index is 0.158. The van der Waals surface area contributed by atoms with E-state index in [1.165, 1.54) is 11.3 Å². The van der Waals surface area contributed by atoms with Gasteiger partial charge in [-0.1, -0.05) is 6.07 Å². The van der Waals surface area contributed by atoms with Crippen LogP contribution in [0, 0.1) is 20.8 Å². The Morgan fingerprint density at radius 1 is 0.962 bits per heavy atom. The van der Waals surface area contributed by atoms with Gasteiger partial charge in [0.05, 0.1) is 16.3 Å². The molecule has 0 saturated heterocycles. The molecule has 6 heteroatoms. The van der Waals surface area contributed by atoms with Crippen LogP contribution in [0.5, 0.6) is 0 Å². The summed E-state index contributed by atoms with van der Waals surface area (Å²) >= 11 is 1.38. The van der Waals surface area contributed by atoms with E-state index >= 15 is 0 Å². The normalized spacial score (nSPS) is 10.4. The highest BCUT2D eigenvalue weighted by atomic mass is 32.1. The van der Waals surface area contributed by atoms with E-state index in [2.05, 4.69) is 15.6 Å². The summed E-state index contributed by atoms with van der Waals surface area (Å²) in [6.45, 7) is 5.74. The summed E-state index contributed by atoms with van der Waals surface area (Å²) in [6, 6.07) is 12.3. The van der Waals surface area contributed by atoms with Crippen LogP contribution in [0.2, 0.25) is 0 Å². The molecule has 5 nitrogen and oxygen atoms in total. The lowest BCUT2D eigenvalue weighted by molar-refractivity contribution is 0.102. The van der Waals surface area contributed by atoms with Crippen molar-refractivity contribution in [2.45, 2.75) is 20.8 Å². The predicted molar refractivity (Wildman–Crippen MR) is 105 cm³/mol. The Labute approximate surface area is 156 Å². The van der Waals surface area contributed by atoms with Gasteiger partial charge in [0.2, 0.25) is 0 Å². The van der Waals surface area contributed by atoms with Gasteiger partial charge in [-0.15, -0.1) is 11.3 Å². The maximum atomic E-state index is 12.5. The number of rotatable bonds is 4. The average Bonchev–Trinajstić information content (AvgIpc) is 3.13. The molecule has 0 bridgehead atoms. The molecule has 0 unspecified atom stereocenters. The van der Waals surface area contributed by atoms with Gasteiger partial charge in [-0.05, 0) is 68.1 Å². The maximum absolute atomic E-state index is 12.5. The molecular weight excluding hydrogens is 346 g/mol. The summed E-state index contributed by atoms with van der Waals surface area (Å²) in [6.07, 6.45) is 0. The minimum Gasteiger partial charge on any atom is -0.321 e. The van der Waals surface area contributed by atoms with Crippen LogP contribution in [0.15, 0.2) is 47.8 Å². The van der Waals surface area contributed by atoms with E-state index in [4.69, 9.17) is 0 Å². The zero-order valence-electron chi connectivity index (χ0n) is 14.8. The third-order valence-corrected chi connectivity index (χ3v) is 4.78. The second kappa shape index (κ2) is 7.49. The Bertz CT molecular complexity index is 925. The first-order valence-corrected chi connectivity index (χ1v) is 9.03. The fourth-order valence-corrected chi connectivity index (χ4v) is 3.32. The molecule has 3 rings (SSSR count). The van der Waals surface area contributed by atoms with Crippen molar-refractivity contribution in [3.8, 4) is 0 Å². The summed E-state index contributed by atoms with van der Waals surface area (Å²) < 4.78 is 0. The molecule has 0 saturated carbocycles. The number of thiophene rings is 1. The van der Waals surface area contributed by atoms with Crippen molar-refractivity contribution in [3.63, 3.8) is 0 Å². The van der Waals surface area contributed by atoms with Gasteiger partial charge in [0, 0.05) is 16.9 Å². The zero-order chi connectivity index (χ0) is 18.7. The molecule has 2 heterocycles. The van der Waals surface area contributed by atoms with Crippen LogP contribution >= 0.6 is 11.3 Å². The van der Waals surface area contributed by atoms with Crippen LogP contribution in [0.25, 0.3) is 0 Å². The van der Waals surface area contributed by atoms with Crippen molar-refractivity contribution < 1.29 is 9.59 Å². The first-order chi connectivity index (χ1) is 12.4. The van der Waals surface area contributed by atoms with Gasteiger partial charge < -0.3 is 10.6 Å². The molecule has 26 heavy (non-hydrogen) atoms. The second-order valence-electron chi connectivity index (χ2n) is 6.00. The molecule has 0 radical (unpaired) electrons. The van der Waals surface area contributed by atoms with E-state index < -0.39 is 0 Å². The molecule has 3 aromatic rings. The molecular formula is C20H19N3O2S. The number of amides is 2. The molecule has 1 aromatic carbocycles. The number of hydrogen-bond acceptors (Lipinski definition) is 4. The van der Waals surface area contributed by atoms with Crippen molar-refractivity contribution in [1.29, 1.82) is 0 Å². The summed E-state index contributed by atoms with van der Waals surface area (Å²) in [5.74, 6) is -0.368.